The Balaban J connectivity index is 1.79. The fraction of sp³-hybridized carbons (Fsp3) is 0.500. The van der Waals surface area contributed by atoms with E-state index in [1.54, 1.807) is 12.1 Å². The molecule has 0 bridgehead atoms. The van der Waals surface area contributed by atoms with Crippen LogP contribution in [0.4, 0.5) is 13.2 Å². The molecule has 17 heavy (non-hydrogen) atoms. The Morgan fingerprint density at radius 1 is 1.18 bits per heavy atom. The van der Waals surface area contributed by atoms with Crippen LogP contribution in [0, 0.1) is 0 Å². The molecule has 0 saturated heterocycles. The van der Waals surface area contributed by atoms with Crippen molar-refractivity contribution in [3.05, 3.63) is 29.8 Å². The molecule has 1 nitrogen and oxygen atoms in total. The van der Waals surface area contributed by atoms with E-state index in [0.717, 1.165) is 23.9 Å². The van der Waals surface area contributed by atoms with Crippen LogP contribution in [0.25, 0.3) is 0 Å². The number of thioether (sulfide) groups is 1. The molecule has 2 rings (SSSR count). The smallest absolute Gasteiger partial charge is 0.310 e. The summed E-state index contributed by atoms with van der Waals surface area (Å²) in [7, 11) is 0. The standard InChI is InChI=1S/C12H14F3NS/c13-12(14,15)8-17-11-5-1-9(2-6-11)7-16-10-3-4-10/h1-2,5-6,10,16H,3-4,7-8H2. The van der Waals surface area contributed by atoms with E-state index in [2.05, 4.69) is 5.32 Å². The van der Waals surface area contributed by atoms with Gasteiger partial charge in [0.15, 0.2) is 0 Å². The van der Waals surface area contributed by atoms with Crippen molar-refractivity contribution in [3.8, 4) is 0 Å². The van der Waals surface area contributed by atoms with Crippen molar-refractivity contribution in [2.24, 2.45) is 0 Å². The molecule has 0 amide bonds. The van der Waals surface area contributed by atoms with Crippen LogP contribution >= 0.6 is 11.8 Å². The predicted molar refractivity (Wildman–Crippen MR) is 63.1 cm³/mol. The van der Waals surface area contributed by atoms with Crippen LogP contribution in [0.3, 0.4) is 0 Å². The van der Waals surface area contributed by atoms with Gasteiger partial charge in [-0.3, -0.25) is 0 Å². The molecule has 1 aromatic rings. The van der Waals surface area contributed by atoms with Gasteiger partial charge in [0.25, 0.3) is 0 Å². The first-order valence-corrected chi connectivity index (χ1v) is 6.53. The Hall–Kier alpha value is -0.680. The lowest BCUT2D eigenvalue weighted by Crippen LogP contribution is -2.15. The number of halogens is 3. The molecule has 5 heteroatoms. The van der Waals surface area contributed by atoms with Gasteiger partial charge in [0, 0.05) is 17.5 Å². The summed E-state index contributed by atoms with van der Waals surface area (Å²) in [5, 5.41) is 3.36. The van der Waals surface area contributed by atoms with Gasteiger partial charge in [0.05, 0.1) is 5.75 Å². The lowest BCUT2D eigenvalue weighted by Gasteiger charge is -2.07. The molecule has 0 atom stereocenters. The van der Waals surface area contributed by atoms with Crippen LogP contribution in [-0.4, -0.2) is 18.0 Å². The number of rotatable bonds is 5. The second-order valence-corrected chi connectivity index (χ2v) is 5.25. The minimum atomic E-state index is -4.10. The summed E-state index contributed by atoms with van der Waals surface area (Å²) in [4.78, 5) is 0.664. The van der Waals surface area contributed by atoms with Crippen LogP contribution < -0.4 is 5.32 Å². The van der Waals surface area contributed by atoms with Gasteiger partial charge in [-0.15, -0.1) is 11.8 Å². The van der Waals surface area contributed by atoms with E-state index in [4.69, 9.17) is 0 Å². The fourth-order valence-electron chi connectivity index (χ4n) is 1.42. The lowest BCUT2D eigenvalue weighted by molar-refractivity contribution is -0.105. The third kappa shape index (κ3) is 5.00. The summed E-state index contributed by atoms with van der Waals surface area (Å²) < 4.78 is 36.0. The summed E-state index contributed by atoms with van der Waals surface area (Å²) in [5.41, 5.74) is 1.12. The monoisotopic (exact) mass is 261 g/mol. The molecule has 0 radical (unpaired) electrons. The van der Waals surface area contributed by atoms with Crippen molar-refractivity contribution in [1.29, 1.82) is 0 Å². The molecule has 1 aliphatic rings. The minimum Gasteiger partial charge on any atom is -0.310 e. The molecule has 0 aromatic heterocycles. The summed E-state index contributed by atoms with van der Waals surface area (Å²) in [6.45, 7) is 0.800. The highest BCUT2D eigenvalue weighted by atomic mass is 32.2. The number of alkyl halides is 3. The summed E-state index contributed by atoms with van der Waals surface area (Å²) in [6, 6.07) is 7.91. The summed E-state index contributed by atoms with van der Waals surface area (Å²) >= 11 is 0.827. The molecule has 0 heterocycles. The fourth-order valence-corrected chi connectivity index (χ4v) is 2.08. The number of hydrogen-bond donors (Lipinski definition) is 1. The van der Waals surface area contributed by atoms with E-state index in [1.807, 2.05) is 12.1 Å². The Labute approximate surface area is 103 Å². The van der Waals surface area contributed by atoms with Gasteiger partial charge in [-0.05, 0) is 30.5 Å². The average Bonchev–Trinajstić information content (AvgIpc) is 3.08. The van der Waals surface area contributed by atoms with Gasteiger partial charge in [-0.2, -0.15) is 13.2 Å². The molecule has 0 aliphatic heterocycles. The van der Waals surface area contributed by atoms with Gasteiger partial charge in [0.2, 0.25) is 0 Å². The molecule has 1 fully saturated rings. The maximum Gasteiger partial charge on any atom is 0.398 e. The Morgan fingerprint density at radius 3 is 2.35 bits per heavy atom. The van der Waals surface area contributed by atoms with Gasteiger partial charge in [-0.25, -0.2) is 0 Å². The van der Waals surface area contributed by atoms with Crippen LogP contribution in [-0.2, 0) is 6.54 Å². The zero-order valence-electron chi connectivity index (χ0n) is 9.26. The first-order chi connectivity index (χ1) is 8.03. The molecule has 94 valence electrons. The van der Waals surface area contributed by atoms with Gasteiger partial charge < -0.3 is 5.32 Å². The average molecular weight is 261 g/mol. The summed E-state index contributed by atoms with van der Waals surface area (Å²) in [6.07, 6.45) is -1.63. The summed E-state index contributed by atoms with van der Waals surface area (Å²) in [5.74, 6) is -0.827. The largest absolute Gasteiger partial charge is 0.398 e. The SMILES string of the molecule is FC(F)(F)CSc1ccc(CNC2CC2)cc1. The third-order valence-electron chi connectivity index (χ3n) is 2.50. The van der Waals surface area contributed by atoms with Crippen LogP contribution in [0.1, 0.15) is 18.4 Å². The predicted octanol–water partition coefficient (Wildman–Crippen LogP) is 3.59. The first kappa shape index (κ1) is 12.8. The van der Waals surface area contributed by atoms with E-state index in [9.17, 15) is 13.2 Å². The molecule has 1 N–H and O–H groups in total. The maximum atomic E-state index is 12.0. The first-order valence-electron chi connectivity index (χ1n) is 5.55. The van der Waals surface area contributed by atoms with Crippen molar-refractivity contribution < 1.29 is 13.2 Å². The molecule has 0 spiro atoms. The molecule has 0 unspecified atom stereocenters. The normalized spacial score (nSPS) is 16.2. The highest BCUT2D eigenvalue weighted by Crippen LogP contribution is 2.27. The number of nitrogens with one attached hydrogen (secondary N) is 1. The third-order valence-corrected chi connectivity index (χ3v) is 3.58. The number of hydrogen-bond acceptors (Lipinski definition) is 2. The van der Waals surface area contributed by atoms with Crippen molar-refractivity contribution in [3.63, 3.8) is 0 Å². The molecule has 1 aliphatic carbocycles. The van der Waals surface area contributed by atoms with Crippen molar-refractivity contribution >= 4 is 11.8 Å². The second-order valence-electron chi connectivity index (χ2n) is 4.20. The minimum absolute atomic E-state index is 0.647. The van der Waals surface area contributed by atoms with Gasteiger partial charge in [0.1, 0.15) is 0 Å². The second kappa shape index (κ2) is 5.31. The zero-order valence-corrected chi connectivity index (χ0v) is 10.1. The number of benzene rings is 1. The Kier molecular flexibility index (Phi) is 3.99. The molecular weight excluding hydrogens is 247 g/mol. The molecule has 1 saturated carbocycles. The van der Waals surface area contributed by atoms with E-state index in [1.165, 1.54) is 12.8 Å². The van der Waals surface area contributed by atoms with Crippen LogP contribution in [0.5, 0.6) is 0 Å². The van der Waals surface area contributed by atoms with E-state index in [-0.39, 0.29) is 0 Å². The van der Waals surface area contributed by atoms with E-state index >= 15 is 0 Å². The quantitative estimate of drug-likeness (QED) is 0.813. The van der Waals surface area contributed by atoms with Crippen molar-refractivity contribution in [1.82, 2.24) is 5.32 Å². The Morgan fingerprint density at radius 2 is 1.82 bits per heavy atom. The zero-order chi connectivity index (χ0) is 12.3. The van der Waals surface area contributed by atoms with Gasteiger partial charge >= 0.3 is 6.18 Å². The highest BCUT2D eigenvalue weighted by molar-refractivity contribution is 7.99. The van der Waals surface area contributed by atoms with Crippen molar-refractivity contribution in [2.75, 3.05) is 5.75 Å². The molecular formula is C12H14F3NS. The van der Waals surface area contributed by atoms with Gasteiger partial charge in [-0.1, -0.05) is 12.1 Å². The van der Waals surface area contributed by atoms with E-state index in [0.29, 0.717) is 10.9 Å². The van der Waals surface area contributed by atoms with Crippen LogP contribution in [0.15, 0.2) is 29.2 Å². The van der Waals surface area contributed by atoms with E-state index < -0.39 is 11.9 Å². The Bertz CT molecular complexity index is 357. The molecule has 1 aromatic carbocycles. The topological polar surface area (TPSA) is 12.0 Å². The highest BCUT2D eigenvalue weighted by Gasteiger charge is 2.27. The maximum absolute atomic E-state index is 12.0. The van der Waals surface area contributed by atoms with Crippen molar-refractivity contribution in [2.45, 2.75) is 36.5 Å². The lowest BCUT2D eigenvalue weighted by atomic mass is 10.2. The van der Waals surface area contributed by atoms with Crippen LogP contribution in [0.2, 0.25) is 0 Å².